The quantitative estimate of drug-likeness (QED) is 0.743. The number of aromatic nitrogens is 3. The van der Waals surface area contributed by atoms with Gasteiger partial charge in [0.05, 0.1) is 11.9 Å². The van der Waals surface area contributed by atoms with E-state index < -0.39 is 5.97 Å². The Morgan fingerprint density at radius 3 is 2.67 bits per heavy atom. The molecular weight excluding hydrogens is 230 g/mol. The van der Waals surface area contributed by atoms with Crippen LogP contribution in [0, 0.1) is 0 Å². The van der Waals surface area contributed by atoms with Crippen molar-refractivity contribution in [1.82, 2.24) is 14.4 Å². The SMILES string of the molecule is O=C(O)c1cn2cc(-c3ccccc3)nc2cn1. The van der Waals surface area contributed by atoms with Crippen LogP contribution < -0.4 is 0 Å². The Morgan fingerprint density at radius 2 is 1.94 bits per heavy atom. The molecule has 3 rings (SSSR count). The molecule has 0 amide bonds. The number of carbonyl (C=O) groups is 1. The summed E-state index contributed by atoms with van der Waals surface area (Å²) in [5, 5.41) is 8.87. The van der Waals surface area contributed by atoms with Crippen molar-refractivity contribution in [1.29, 1.82) is 0 Å². The molecule has 0 aliphatic heterocycles. The van der Waals surface area contributed by atoms with Crippen molar-refractivity contribution in [3.05, 3.63) is 54.6 Å². The maximum absolute atomic E-state index is 10.8. The van der Waals surface area contributed by atoms with Crippen LogP contribution in [-0.4, -0.2) is 25.4 Å². The van der Waals surface area contributed by atoms with E-state index in [0.29, 0.717) is 5.65 Å². The van der Waals surface area contributed by atoms with Crippen LogP contribution in [0.2, 0.25) is 0 Å². The number of hydrogen-bond donors (Lipinski definition) is 1. The number of rotatable bonds is 2. The van der Waals surface area contributed by atoms with E-state index >= 15 is 0 Å². The van der Waals surface area contributed by atoms with E-state index in [2.05, 4.69) is 9.97 Å². The van der Waals surface area contributed by atoms with Crippen molar-refractivity contribution in [2.75, 3.05) is 0 Å². The predicted octanol–water partition coefficient (Wildman–Crippen LogP) is 2.09. The van der Waals surface area contributed by atoms with Crippen LogP contribution in [0.5, 0.6) is 0 Å². The monoisotopic (exact) mass is 239 g/mol. The Hall–Kier alpha value is -2.69. The molecule has 0 atom stereocenters. The minimum atomic E-state index is -1.05. The molecule has 0 spiro atoms. The lowest BCUT2D eigenvalue weighted by molar-refractivity contribution is 0.0690. The van der Waals surface area contributed by atoms with Gasteiger partial charge in [0, 0.05) is 18.0 Å². The van der Waals surface area contributed by atoms with Gasteiger partial charge in [-0.25, -0.2) is 14.8 Å². The van der Waals surface area contributed by atoms with Gasteiger partial charge in [-0.15, -0.1) is 0 Å². The Labute approximate surface area is 102 Å². The van der Waals surface area contributed by atoms with Gasteiger partial charge in [0.1, 0.15) is 0 Å². The molecule has 1 aromatic carbocycles. The largest absolute Gasteiger partial charge is 0.476 e. The molecule has 5 nitrogen and oxygen atoms in total. The third-order valence-corrected chi connectivity index (χ3v) is 2.63. The molecule has 0 saturated heterocycles. The highest BCUT2D eigenvalue weighted by Gasteiger charge is 2.08. The molecule has 18 heavy (non-hydrogen) atoms. The van der Waals surface area contributed by atoms with E-state index in [4.69, 9.17) is 5.11 Å². The van der Waals surface area contributed by atoms with Gasteiger partial charge in [-0.05, 0) is 0 Å². The Kier molecular flexibility index (Phi) is 2.30. The molecule has 2 aromatic heterocycles. The first-order chi connectivity index (χ1) is 8.74. The van der Waals surface area contributed by atoms with Gasteiger partial charge < -0.3 is 9.51 Å². The van der Waals surface area contributed by atoms with Crippen molar-refractivity contribution in [2.24, 2.45) is 0 Å². The second-order valence-corrected chi connectivity index (χ2v) is 3.84. The van der Waals surface area contributed by atoms with Gasteiger partial charge in [0.15, 0.2) is 11.3 Å². The lowest BCUT2D eigenvalue weighted by Gasteiger charge is -1.94. The highest BCUT2D eigenvalue weighted by atomic mass is 16.4. The van der Waals surface area contributed by atoms with Crippen LogP contribution >= 0.6 is 0 Å². The lowest BCUT2D eigenvalue weighted by atomic mass is 10.2. The van der Waals surface area contributed by atoms with Crippen LogP contribution in [0.1, 0.15) is 10.5 Å². The number of aromatic carboxylic acids is 1. The van der Waals surface area contributed by atoms with Crippen molar-refractivity contribution in [3.63, 3.8) is 0 Å². The van der Waals surface area contributed by atoms with Crippen molar-refractivity contribution >= 4 is 11.6 Å². The van der Waals surface area contributed by atoms with E-state index in [1.54, 1.807) is 10.6 Å². The van der Waals surface area contributed by atoms with Crippen LogP contribution in [0.25, 0.3) is 16.9 Å². The van der Waals surface area contributed by atoms with Crippen molar-refractivity contribution in [3.8, 4) is 11.3 Å². The molecule has 0 aliphatic rings. The molecule has 0 saturated carbocycles. The number of carboxylic acids is 1. The number of nitrogens with zero attached hydrogens (tertiary/aromatic N) is 3. The molecule has 5 heteroatoms. The van der Waals surface area contributed by atoms with Gasteiger partial charge >= 0.3 is 5.97 Å². The van der Waals surface area contributed by atoms with Gasteiger partial charge in [0.2, 0.25) is 0 Å². The fourth-order valence-corrected chi connectivity index (χ4v) is 1.76. The average Bonchev–Trinajstić information content (AvgIpc) is 2.82. The Morgan fingerprint density at radius 1 is 1.17 bits per heavy atom. The van der Waals surface area contributed by atoms with Gasteiger partial charge in [-0.2, -0.15) is 0 Å². The second-order valence-electron chi connectivity index (χ2n) is 3.84. The molecule has 0 bridgehead atoms. The van der Waals surface area contributed by atoms with E-state index in [1.165, 1.54) is 12.4 Å². The van der Waals surface area contributed by atoms with Crippen LogP contribution in [0.15, 0.2) is 48.9 Å². The van der Waals surface area contributed by atoms with Crippen LogP contribution in [0.4, 0.5) is 0 Å². The highest BCUT2D eigenvalue weighted by molar-refractivity contribution is 5.85. The maximum Gasteiger partial charge on any atom is 0.356 e. The normalized spacial score (nSPS) is 10.7. The standard InChI is InChI=1S/C13H9N3O2/c17-13(18)11-8-16-7-10(15-12(16)6-14-11)9-4-2-1-3-5-9/h1-8H,(H,17,18). The molecule has 0 unspecified atom stereocenters. The summed E-state index contributed by atoms with van der Waals surface area (Å²) in [7, 11) is 0. The predicted molar refractivity (Wildman–Crippen MR) is 65.4 cm³/mol. The van der Waals surface area contributed by atoms with Crippen molar-refractivity contribution < 1.29 is 9.90 Å². The third kappa shape index (κ3) is 1.71. The second kappa shape index (κ2) is 3.96. The minimum Gasteiger partial charge on any atom is -0.476 e. The summed E-state index contributed by atoms with van der Waals surface area (Å²) < 4.78 is 1.67. The van der Waals surface area contributed by atoms with Crippen LogP contribution in [-0.2, 0) is 0 Å². The van der Waals surface area contributed by atoms with E-state index in [0.717, 1.165) is 11.3 Å². The maximum atomic E-state index is 10.8. The van der Waals surface area contributed by atoms with Gasteiger partial charge in [0.25, 0.3) is 0 Å². The zero-order chi connectivity index (χ0) is 12.5. The summed E-state index contributed by atoms with van der Waals surface area (Å²) >= 11 is 0. The highest BCUT2D eigenvalue weighted by Crippen LogP contribution is 2.18. The Bertz CT molecular complexity index is 719. The molecule has 3 aromatic rings. The first-order valence-corrected chi connectivity index (χ1v) is 5.37. The molecule has 0 fully saturated rings. The minimum absolute atomic E-state index is 0.000452. The van der Waals surface area contributed by atoms with Gasteiger partial charge in [-0.3, -0.25) is 0 Å². The van der Waals surface area contributed by atoms with Gasteiger partial charge in [-0.1, -0.05) is 30.3 Å². The number of benzene rings is 1. The summed E-state index contributed by atoms with van der Waals surface area (Å²) in [5.74, 6) is -1.05. The number of imidazole rings is 1. The molecule has 0 radical (unpaired) electrons. The lowest BCUT2D eigenvalue weighted by Crippen LogP contribution is -2.01. The molecule has 1 N–H and O–H groups in total. The summed E-state index contributed by atoms with van der Waals surface area (Å²) in [6.07, 6.45) is 4.70. The van der Waals surface area contributed by atoms with Crippen molar-refractivity contribution in [2.45, 2.75) is 0 Å². The molecule has 88 valence electrons. The molecule has 2 heterocycles. The zero-order valence-electron chi connectivity index (χ0n) is 9.32. The smallest absolute Gasteiger partial charge is 0.356 e. The molecule has 0 aliphatic carbocycles. The fraction of sp³-hybridized carbons (Fsp3) is 0. The topological polar surface area (TPSA) is 67.5 Å². The average molecular weight is 239 g/mol. The van der Waals surface area contributed by atoms with E-state index in [-0.39, 0.29) is 5.69 Å². The van der Waals surface area contributed by atoms with E-state index in [9.17, 15) is 4.79 Å². The molecular formula is C13H9N3O2. The number of hydrogen-bond acceptors (Lipinski definition) is 3. The van der Waals surface area contributed by atoms with E-state index in [1.807, 2.05) is 30.3 Å². The summed E-state index contributed by atoms with van der Waals surface area (Å²) in [4.78, 5) is 19.0. The number of fused-ring (bicyclic) bond motifs is 1. The third-order valence-electron chi connectivity index (χ3n) is 2.63. The Balaban J connectivity index is 2.14. The zero-order valence-corrected chi connectivity index (χ0v) is 9.32. The first kappa shape index (κ1) is 10.5. The summed E-state index contributed by atoms with van der Waals surface area (Å²) in [5.41, 5.74) is 2.40. The van der Waals surface area contributed by atoms with Crippen LogP contribution in [0.3, 0.4) is 0 Å². The summed E-state index contributed by atoms with van der Waals surface area (Å²) in [6, 6.07) is 9.70. The summed E-state index contributed by atoms with van der Waals surface area (Å²) in [6.45, 7) is 0. The number of carboxylic acid groups (broad SMARTS) is 1. The fourth-order valence-electron chi connectivity index (χ4n) is 1.76. The first-order valence-electron chi connectivity index (χ1n) is 5.37.